The maximum absolute atomic E-state index is 12.3. The summed E-state index contributed by atoms with van der Waals surface area (Å²) < 4.78 is 4.82. The molecule has 0 saturated heterocycles. The summed E-state index contributed by atoms with van der Waals surface area (Å²) in [6.07, 6.45) is 0. The first kappa shape index (κ1) is 20.1. The van der Waals surface area contributed by atoms with Crippen molar-refractivity contribution in [2.24, 2.45) is 0 Å². The van der Waals surface area contributed by atoms with E-state index in [4.69, 9.17) is 16.3 Å². The number of carboxylic acids is 2. The number of hydrogen-bond acceptors (Lipinski definition) is 4. The zero-order valence-electron chi connectivity index (χ0n) is 15.2. The Labute approximate surface area is 170 Å². The maximum Gasteiger partial charge on any atom is 0.338 e. The normalized spacial score (nSPS) is 10.4. The first-order valence-electron chi connectivity index (χ1n) is 8.43. The lowest BCUT2D eigenvalue weighted by molar-refractivity contribution is 0.0599. The minimum absolute atomic E-state index is 0.0755. The second-order valence-electron chi connectivity index (χ2n) is 6.04. The number of carbonyl (C=O) groups is 3. The lowest BCUT2D eigenvalue weighted by Gasteiger charge is -2.19. The monoisotopic (exact) mass is 410 g/mol. The van der Waals surface area contributed by atoms with Crippen molar-refractivity contribution in [3.8, 4) is 22.3 Å². The van der Waals surface area contributed by atoms with Gasteiger partial charge < -0.3 is 14.9 Å². The van der Waals surface area contributed by atoms with Crippen molar-refractivity contribution in [1.82, 2.24) is 0 Å². The van der Waals surface area contributed by atoms with Gasteiger partial charge in [-0.3, -0.25) is 0 Å². The van der Waals surface area contributed by atoms with E-state index >= 15 is 0 Å². The zero-order valence-corrected chi connectivity index (χ0v) is 15.9. The Bertz CT molecular complexity index is 1140. The van der Waals surface area contributed by atoms with Crippen molar-refractivity contribution >= 4 is 29.5 Å². The third kappa shape index (κ3) is 3.70. The highest BCUT2D eigenvalue weighted by atomic mass is 35.5. The quantitative estimate of drug-likeness (QED) is 0.582. The average molecular weight is 411 g/mol. The molecule has 29 heavy (non-hydrogen) atoms. The van der Waals surface area contributed by atoms with Gasteiger partial charge in [0.25, 0.3) is 0 Å². The molecule has 0 radical (unpaired) electrons. The fourth-order valence-corrected chi connectivity index (χ4v) is 3.40. The lowest BCUT2D eigenvalue weighted by atomic mass is 9.85. The minimum atomic E-state index is -1.27. The number of hydrogen-bond donors (Lipinski definition) is 2. The molecule has 0 atom stereocenters. The van der Waals surface area contributed by atoms with Crippen LogP contribution in [-0.2, 0) is 4.74 Å². The molecule has 0 aromatic heterocycles. The molecule has 0 fully saturated rings. The molecular weight excluding hydrogens is 396 g/mol. The fourth-order valence-electron chi connectivity index (χ4n) is 3.17. The summed E-state index contributed by atoms with van der Waals surface area (Å²) in [4.78, 5) is 36.3. The SMILES string of the molecule is COC(=O)c1ccccc1-c1c(C(=O)O)ccc(C(=O)O)c1-c1ccccc1Cl. The van der Waals surface area contributed by atoms with Crippen LogP contribution < -0.4 is 0 Å². The number of rotatable bonds is 5. The van der Waals surface area contributed by atoms with Crippen molar-refractivity contribution < 1.29 is 29.3 Å². The highest BCUT2D eigenvalue weighted by Gasteiger charge is 2.27. The van der Waals surface area contributed by atoms with Gasteiger partial charge in [-0.2, -0.15) is 0 Å². The van der Waals surface area contributed by atoms with Crippen LogP contribution in [0.15, 0.2) is 60.7 Å². The van der Waals surface area contributed by atoms with Crippen LogP contribution in [0.3, 0.4) is 0 Å². The molecular formula is C22H15ClO6. The smallest absolute Gasteiger partial charge is 0.338 e. The van der Waals surface area contributed by atoms with Gasteiger partial charge >= 0.3 is 17.9 Å². The lowest BCUT2D eigenvalue weighted by Crippen LogP contribution is -2.10. The van der Waals surface area contributed by atoms with E-state index in [1.807, 2.05) is 0 Å². The van der Waals surface area contributed by atoms with E-state index in [1.165, 1.54) is 25.3 Å². The van der Waals surface area contributed by atoms with Crippen LogP contribution in [-0.4, -0.2) is 35.2 Å². The molecule has 0 bridgehead atoms. The van der Waals surface area contributed by atoms with Crippen LogP contribution in [0, 0.1) is 0 Å². The molecule has 0 aliphatic rings. The molecule has 7 heteroatoms. The predicted octanol–water partition coefficient (Wildman–Crippen LogP) is 4.86. The summed E-state index contributed by atoms with van der Waals surface area (Å²) in [6.45, 7) is 0. The number of carboxylic acid groups (broad SMARTS) is 2. The number of ether oxygens (including phenoxy) is 1. The highest BCUT2D eigenvalue weighted by molar-refractivity contribution is 6.34. The van der Waals surface area contributed by atoms with Gasteiger partial charge in [-0.1, -0.05) is 48.0 Å². The minimum Gasteiger partial charge on any atom is -0.478 e. The van der Waals surface area contributed by atoms with Crippen molar-refractivity contribution in [1.29, 1.82) is 0 Å². The average Bonchev–Trinajstić information content (AvgIpc) is 2.72. The first-order valence-corrected chi connectivity index (χ1v) is 8.80. The Morgan fingerprint density at radius 3 is 1.72 bits per heavy atom. The van der Waals surface area contributed by atoms with Gasteiger partial charge in [0.15, 0.2) is 0 Å². The van der Waals surface area contributed by atoms with Crippen molar-refractivity contribution in [3.63, 3.8) is 0 Å². The van der Waals surface area contributed by atoms with Gasteiger partial charge in [0.05, 0.1) is 23.8 Å². The highest BCUT2D eigenvalue weighted by Crippen LogP contribution is 2.42. The summed E-state index contributed by atoms with van der Waals surface area (Å²) >= 11 is 6.32. The van der Waals surface area contributed by atoms with Crippen LogP contribution in [0.1, 0.15) is 31.1 Å². The van der Waals surface area contributed by atoms with E-state index in [-0.39, 0.29) is 38.4 Å². The molecule has 0 aliphatic heterocycles. The largest absolute Gasteiger partial charge is 0.478 e. The fraction of sp³-hybridized carbons (Fsp3) is 0.0455. The zero-order chi connectivity index (χ0) is 21.1. The van der Waals surface area contributed by atoms with Gasteiger partial charge in [-0.05, 0) is 29.8 Å². The molecule has 0 aliphatic carbocycles. The molecule has 2 N–H and O–H groups in total. The number of carbonyl (C=O) groups excluding carboxylic acids is 1. The second-order valence-corrected chi connectivity index (χ2v) is 6.45. The summed E-state index contributed by atoms with van der Waals surface area (Å²) in [5, 5.41) is 19.8. The number of esters is 1. The topological polar surface area (TPSA) is 101 Å². The van der Waals surface area contributed by atoms with Crippen LogP contribution in [0.25, 0.3) is 22.3 Å². The molecule has 0 unspecified atom stereocenters. The maximum atomic E-state index is 12.3. The van der Waals surface area contributed by atoms with Crippen molar-refractivity contribution in [2.75, 3.05) is 7.11 Å². The van der Waals surface area contributed by atoms with Gasteiger partial charge in [0.1, 0.15) is 0 Å². The molecule has 146 valence electrons. The second kappa shape index (κ2) is 8.16. The van der Waals surface area contributed by atoms with E-state index in [1.54, 1.807) is 42.5 Å². The van der Waals surface area contributed by atoms with E-state index in [9.17, 15) is 24.6 Å². The number of aromatic carboxylic acids is 2. The number of methoxy groups -OCH3 is 1. The predicted molar refractivity (Wildman–Crippen MR) is 108 cm³/mol. The van der Waals surface area contributed by atoms with E-state index in [0.717, 1.165) is 0 Å². The molecule has 3 rings (SSSR count). The van der Waals surface area contributed by atoms with Gasteiger partial charge in [0.2, 0.25) is 0 Å². The summed E-state index contributed by atoms with van der Waals surface area (Å²) in [5.41, 5.74) is 0.553. The standard InChI is InChI=1S/C22H15ClO6/c1-29-22(28)13-7-3-2-6-12(13)18-15(20(24)25)10-11-16(21(26)27)19(18)14-8-4-5-9-17(14)23/h2-11H,1H3,(H,24,25)(H,26,27). The first-order chi connectivity index (χ1) is 13.9. The number of halogens is 1. The molecule has 0 spiro atoms. The van der Waals surface area contributed by atoms with Gasteiger partial charge in [-0.25, -0.2) is 14.4 Å². The van der Waals surface area contributed by atoms with E-state index < -0.39 is 17.9 Å². The van der Waals surface area contributed by atoms with Crippen LogP contribution in [0.2, 0.25) is 5.02 Å². The molecule has 3 aromatic carbocycles. The van der Waals surface area contributed by atoms with Crippen molar-refractivity contribution in [2.45, 2.75) is 0 Å². The van der Waals surface area contributed by atoms with Gasteiger partial charge in [-0.15, -0.1) is 0 Å². The van der Waals surface area contributed by atoms with E-state index in [0.29, 0.717) is 5.56 Å². The Kier molecular flexibility index (Phi) is 5.66. The van der Waals surface area contributed by atoms with Crippen LogP contribution >= 0.6 is 11.6 Å². The van der Waals surface area contributed by atoms with Crippen molar-refractivity contribution in [3.05, 3.63) is 82.4 Å². The Balaban J connectivity index is 2.54. The number of benzene rings is 3. The Morgan fingerprint density at radius 2 is 1.21 bits per heavy atom. The summed E-state index contributed by atoms with van der Waals surface area (Å²) in [7, 11) is 1.21. The molecule has 6 nitrogen and oxygen atoms in total. The van der Waals surface area contributed by atoms with Crippen LogP contribution in [0.4, 0.5) is 0 Å². The third-order valence-corrected chi connectivity index (χ3v) is 4.74. The Hall–Kier alpha value is -3.64. The summed E-state index contributed by atoms with van der Waals surface area (Å²) in [6, 6.07) is 15.2. The molecule has 3 aromatic rings. The molecule has 0 heterocycles. The van der Waals surface area contributed by atoms with Crippen LogP contribution in [0.5, 0.6) is 0 Å². The summed E-state index contributed by atoms with van der Waals surface area (Å²) in [5.74, 6) is -3.21. The molecule has 0 amide bonds. The Morgan fingerprint density at radius 1 is 0.724 bits per heavy atom. The van der Waals surface area contributed by atoms with Gasteiger partial charge in [0, 0.05) is 21.7 Å². The third-order valence-electron chi connectivity index (χ3n) is 4.41. The molecule has 0 saturated carbocycles. The van der Waals surface area contributed by atoms with E-state index in [2.05, 4.69) is 0 Å².